The molecule has 0 saturated heterocycles. The summed E-state index contributed by atoms with van der Waals surface area (Å²) >= 11 is 12.8. The van der Waals surface area contributed by atoms with Crippen molar-refractivity contribution in [3.05, 3.63) is 63.9 Å². The number of nitrogens with zero attached hydrogens (tertiary/aromatic N) is 2. The molecule has 0 bridgehead atoms. The highest BCUT2D eigenvalue weighted by atomic mass is 35.5. The summed E-state index contributed by atoms with van der Waals surface area (Å²) in [7, 11) is 0. The fraction of sp³-hybridized carbons (Fsp3) is 0.364. The molecule has 4 nitrogen and oxygen atoms in total. The Hall–Kier alpha value is -2.04. The first-order valence-electron chi connectivity index (χ1n) is 9.77. The standard InChI is InChI=1S/C22H23Cl2N3O/c1-2-6-20(22(28)25-14-11-12-14)27-19-10-4-3-9-18(19)26-21(27)13-15-16(23)7-5-8-17(15)24/h3-5,7-10,14,20H,2,6,11-13H2,1H3,(H,25,28)/t20-/m0/s1. The van der Waals surface area contributed by atoms with E-state index in [1.54, 1.807) is 0 Å². The predicted molar refractivity (Wildman–Crippen MR) is 114 cm³/mol. The average molecular weight is 416 g/mol. The molecule has 0 aliphatic heterocycles. The topological polar surface area (TPSA) is 46.9 Å². The van der Waals surface area contributed by atoms with Crippen molar-refractivity contribution in [2.75, 3.05) is 0 Å². The van der Waals surface area contributed by atoms with Crippen LogP contribution < -0.4 is 5.32 Å². The monoisotopic (exact) mass is 415 g/mol. The summed E-state index contributed by atoms with van der Waals surface area (Å²) in [6.07, 6.45) is 4.27. The molecule has 1 atom stereocenters. The molecule has 2 aromatic carbocycles. The van der Waals surface area contributed by atoms with E-state index in [1.165, 1.54) is 0 Å². The Morgan fingerprint density at radius 1 is 1.18 bits per heavy atom. The first kappa shape index (κ1) is 19.3. The smallest absolute Gasteiger partial charge is 0.243 e. The summed E-state index contributed by atoms with van der Waals surface area (Å²) in [6.45, 7) is 2.10. The molecule has 0 spiro atoms. The number of aromatic nitrogens is 2. The van der Waals surface area contributed by atoms with Gasteiger partial charge in [0.25, 0.3) is 0 Å². The fourth-order valence-electron chi connectivity index (χ4n) is 3.60. The molecule has 1 saturated carbocycles. The van der Waals surface area contributed by atoms with Gasteiger partial charge in [0.15, 0.2) is 0 Å². The number of halogens is 2. The quantitative estimate of drug-likeness (QED) is 0.549. The Morgan fingerprint density at radius 3 is 2.57 bits per heavy atom. The molecule has 4 rings (SSSR count). The first-order chi connectivity index (χ1) is 13.6. The van der Waals surface area contributed by atoms with Gasteiger partial charge in [0.05, 0.1) is 11.0 Å². The summed E-state index contributed by atoms with van der Waals surface area (Å²) < 4.78 is 2.08. The van der Waals surface area contributed by atoms with Crippen LogP contribution in [-0.2, 0) is 11.2 Å². The van der Waals surface area contributed by atoms with Crippen LogP contribution in [0.4, 0.5) is 0 Å². The number of hydrogen-bond donors (Lipinski definition) is 1. The van der Waals surface area contributed by atoms with Crippen molar-refractivity contribution in [3.8, 4) is 0 Å². The fourth-order valence-corrected chi connectivity index (χ4v) is 4.13. The average Bonchev–Trinajstić information content (AvgIpc) is 3.41. The number of para-hydroxylation sites is 2. The molecule has 0 radical (unpaired) electrons. The number of fused-ring (bicyclic) bond motifs is 1. The van der Waals surface area contributed by atoms with E-state index >= 15 is 0 Å². The van der Waals surface area contributed by atoms with E-state index in [-0.39, 0.29) is 11.9 Å². The number of nitrogens with one attached hydrogen (secondary N) is 1. The lowest BCUT2D eigenvalue weighted by Gasteiger charge is -2.21. The lowest BCUT2D eigenvalue weighted by Crippen LogP contribution is -2.34. The van der Waals surface area contributed by atoms with Crippen molar-refractivity contribution in [3.63, 3.8) is 0 Å². The van der Waals surface area contributed by atoms with Gasteiger partial charge < -0.3 is 9.88 Å². The molecule has 3 aromatic rings. The molecular formula is C22H23Cl2N3O. The van der Waals surface area contributed by atoms with Gasteiger partial charge in [0.2, 0.25) is 5.91 Å². The third kappa shape index (κ3) is 3.89. The van der Waals surface area contributed by atoms with E-state index in [4.69, 9.17) is 28.2 Å². The predicted octanol–water partition coefficient (Wildman–Crippen LogP) is 5.55. The van der Waals surface area contributed by atoms with Crippen molar-refractivity contribution in [1.29, 1.82) is 0 Å². The Kier molecular flexibility index (Phi) is 5.61. The zero-order chi connectivity index (χ0) is 19.7. The highest BCUT2D eigenvalue weighted by molar-refractivity contribution is 6.36. The van der Waals surface area contributed by atoms with Gasteiger partial charge >= 0.3 is 0 Å². The highest BCUT2D eigenvalue weighted by Gasteiger charge is 2.30. The Morgan fingerprint density at radius 2 is 1.89 bits per heavy atom. The maximum atomic E-state index is 13.1. The lowest BCUT2D eigenvalue weighted by atomic mass is 10.1. The molecular weight excluding hydrogens is 393 g/mol. The van der Waals surface area contributed by atoms with Gasteiger partial charge in [0, 0.05) is 22.5 Å². The largest absolute Gasteiger partial charge is 0.352 e. The summed E-state index contributed by atoms with van der Waals surface area (Å²) in [5, 5.41) is 4.39. The van der Waals surface area contributed by atoms with Crippen LogP contribution in [0.2, 0.25) is 10.0 Å². The van der Waals surface area contributed by atoms with Gasteiger partial charge in [-0.3, -0.25) is 4.79 Å². The maximum absolute atomic E-state index is 13.1. The van der Waals surface area contributed by atoms with Crippen molar-refractivity contribution in [2.45, 2.75) is 51.1 Å². The third-order valence-electron chi connectivity index (χ3n) is 5.17. The molecule has 146 valence electrons. The number of carbonyl (C=O) groups is 1. The van der Waals surface area contributed by atoms with Crippen molar-refractivity contribution >= 4 is 40.1 Å². The second-order valence-corrected chi connectivity index (χ2v) is 8.17. The molecule has 1 heterocycles. The minimum absolute atomic E-state index is 0.0685. The van der Waals surface area contributed by atoms with Crippen LogP contribution in [0.3, 0.4) is 0 Å². The summed E-state index contributed by atoms with van der Waals surface area (Å²) in [6, 6.07) is 13.5. The number of rotatable bonds is 7. The van der Waals surface area contributed by atoms with Crippen molar-refractivity contribution in [1.82, 2.24) is 14.9 Å². The molecule has 6 heteroatoms. The third-order valence-corrected chi connectivity index (χ3v) is 5.87. The Bertz CT molecular complexity index is 990. The van der Waals surface area contributed by atoms with Gasteiger partial charge in [-0.25, -0.2) is 4.98 Å². The Balaban J connectivity index is 1.80. The van der Waals surface area contributed by atoms with Crippen molar-refractivity contribution in [2.24, 2.45) is 0 Å². The number of carbonyl (C=O) groups excluding carboxylic acids is 1. The van der Waals surface area contributed by atoms with Crippen LogP contribution >= 0.6 is 23.2 Å². The molecule has 1 N–H and O–H groups in total. The van der Waals surface area contributed by atoms with Gasteiger partial charge in [0.1, 0.15) is 11.9 Å². The van der Waals surface area contributed by atoms with E-state index in [9.17, 15) is 4.79 Å². The van der Waals surface area contributed by atoms with Gasteiger partial charge in [-0.2, -0.15) is 0 Å². The highest BCUT2D eigenvalue weighted by Crippen LogP contribution is 2.31. The molecule has 1 amide bonds. The van der Waals surface area contributed by atoms with E-state index in [2.05, 4.69) is 16.8 Å². The summed E-state index contributed by atoms with van der Waals surface area (Å²) in [5.41, 5.74) is 2.67. The van der Waals surface area contributed by atoms with Gasteiger partial charge in [-0.15, -0.1) is 0 Å². The normalized spacial score (nSPS) is 15.0. The van der Waals surface area contributed by atoms with E-state index < -0.39 is 0 Å². The van der Waals surface area contributed by atoms with Crippen LogP contribution in [0.25, 0.3) is 11.0 Å². The summed E-state index contributed by atoms with van der Waals surface area (Å²) in [5.74, 6) is 0.875. The van der Waals surface area contributed by atoms with Crippen LogP contribution in [0, 0.1) is 0 Å². The van der Waals surface area contributed by atoms with Gasteiger partial charge in [-0.05, 0) is 49.1 Å². The van der Waals surface area contributed by atoms with Crippen LogP contribution in [0.5, 0.6) is 0 Å². The molecule has 0 unspecified atom stereocenters. The molecule has 1 fully saturated rings. The molecule has 1 aromatic heterocycles. The number of benzene rings is 2. The second-order valence-electron chi connectivity index (χ2n) is 7.35. The lowest BCUT2D eigenvalue weighted by molar-refractivity contribution is -0.124. The minimum atomic E-state index is -0.297. The SMILES string of the molecule is CCC[C@@H](C(=O)NC1CC1)n1c(Cc2c(Cl)cccc2Cl)nc2ccccc21. The van der Waals surface area contributed by atoms with Crippen LogP contribution in [-0.4, -0.2) is 21.5 Å². The minimum Gasteiger partial charge on any atom is -0.352 e. The Labute approximate surface area is 174 Å². The van der Waals surface area contributed by atoms with E-state index in [1.807, 2.05) is 42.5 Å². The zero-order valence-electron chi connectivity index (χ0n) is 15.8. The van der Waals surface area contributed by atoms with E-state index in [0.717, 1.165) is 48.1 Å². The molecule has 1 aliphatic rings. The molecule has 28 heavy (non-hydrogen) atoms. The van der Waals surface area contributed by atoms with E-state index in [0.29, 0.717) is 22.5 Å². The van der Waals surface area contributed by atoms with Crippen LogP contribution in [0.15, 0.2) is 42.5 Å². The van der Waals surface area contributed by atoms with Crippen molar-refractivity contribution < 1.29 is 4.79 Å². The number of hydrogen-bond acceptors (Lipinski definition) is 2. The molecule has 1 aliphatic carbocycles. The second kappa shape index (κ2) is 8.14. The number of amides is 1. The first-order valence-corrected chi connectivity index (χ1v) is 10.5. The summed E-state index contributed by atoms with van der Waals surface area (Å²) in [4.78, 5) is 17.9. The van der Waals surface area contributed by atoms with Gasteiger partial charge in [-0.1, -0.05) is 54.7 Å². The maximum Gasteiger partial charge on any atom is 0.243 e. The van der Waals surface area contributed by atoms with Crippen LogP contribution in [0.1, 0.15) is 50.0 Å². The number of imidazole rings is 1. The zero-order valence-corrected chi connectivity index (χ0v) is 17.3.